The standard InChI is InChI=1S/C22H30N2O5/c1-14(2)6-7-20-23-16-13-24(9-8-17(16)29-20)21(25)12-15-10-18(26-3)22(28-5)19(11-15)27-4/h10-11,14H,6-9,12-13H2,1-5H3. The summed E-state index contributed by atoms with van der Waals surface area (Å²) in [6.07, 6.45) is 2.84. The van der Waals surface area contributed by atoms with Gasteiger partial charge in [-0.1, -0.05) is 13.8 Å². The fraction of sp³-hybridized carbons (Fsp3) is 0.545. The van der Waals surface area contributed by atoms with Crippen LogP contribution in [0.5, 0.6) is 17.2 Å². The Morgan fingerprint density at radius 2 is 1.86 bits per heavy atom. The summed E-state index contributed by atoms with van der Waals surface area (Å²) in [5.74, 6) is 3.95. The minimum Gasteiger partial charge on any atom is -0.493 e. The number of rotatable bonds is 8. The maximum Gasteiger partial charge on any atom is 0.227 e. The molecule has 0 radical (unpaired) electrons. The average molecular weight is 402 g/mol. The Balaban J connectivity index is 1.69. The lowest BCUT2D eigenvalue weighted by molar-refractivity contribution is -0.131. The summed E-state index contributed by atoms with van der Waals surface area (Å²) in [4.78, 5) is 19.4. The molecule has 1 aliphatic heterocycles. The maximum absolute atomic E-state index is 12.9. The van der Waals surface area contributed by atoms with Gasteiger partial charge in [0.1, 0.15) is 11.5 Å². The fourth-order valence-corrected chi connectivity index (χ4v) is 3.51. The minimum atomic E-state index is 0.0386. The van der Waals surface area contributed by atoms with Crippen LogP contribution in [0, 0.1) is 5.92 Å². The van der Waals surface area contributed by atoms with E-state index in [0.29, 0.717) is 42.7 Å². The van der Waals surface area contributed by atoms with E-state index >= 15 is 0 Å². The Bertz CT molecular complexity index is 834. The van der Waals surface area contributed by atoms with Crippen molar-refractivity contribution in [3.05, 3.63) is 35.0 Å². The molecule has 1 aliphatic rings. The van der Waals surface area contributed by atoms with Crippen molar-refractivity contribution in [2.24, 2.45) is 5.92 Å². The van der Waals surface area contributed by atoms with Gasteiger partial charge in [0.25, 0.3) is 0 Å². The topological polar surface area (TPSA) is 74.0 Å². The normalized spacial score (nSPS) is 13.4. The summed E-state index contributed by atoms with van der Waals surface area (Å²) < 4.78 is 22.0. The first-order valence-corrected chi connectivity index (χ1v) is 9.99. The van der Waals surface area contributed by atoms with Crippen LogP contribution in [0.15, 0.2) is 16.5 Å². The first kappa shape index (κ1) is 21.0. The van der Waals surface area contributed by atoms with Gasteiger partial charge in [-0.3, -0.25) is 4.79 Å². The van der Waals surface area contributed by atoms with E-state index < -0.39 is 0 Å². The third kappa shape index (κ3) is 4.83. The van der Waals surface area contributed by atoms with E-state index in [9.17, 15) is 4.79 Å². The molecule has 7 heteroatoms. The molecule has 0 saturated heterocycles. The Hall–Kier alpha value is -2.70. The summed E-state index contributed by atoms with van der Waals surface area (Å²) in [6.45, 7) is 5.50. The molecular formula is C22H30N2O5. The zero-order valence-electron chi connectivity index (χ0n) is 17.9. The molecule has 1 aromatic heterocycles. The van der Waals surface area contributed by atoms with Crippen LogP contribution in [0.4, 0.5) is 0 Å². The molecule has 7 nitrogen and oxygen atoms in total. The third-order valence-corrected chi connectivity index (χ3v) is 5.14. The van der Waals surface area contributed by atoms with Crippen molar-refractivity contribution >= 4 is 5.91 Å². The van der Waals surface area contributed by atoms with Gasteiger partial charge in [-0.25, -0.2) is 4.98 Å². The fourth-order valence-electron chi connectivity index (χ4n) is 3.51. The highest BCUT2D eigenvalue weighted by Crippen LogP contribution is 2.38. The largest absolute Gasteiger partial charge is 0.493 e. The molecule has 0 unspecified atom stereocenters. The molecule has 2 aromatic rings. The van der Waals surface area contributed by atoms with Gasteiger partial charge >= 0.3 is 0 Å². The molecular weight excluding hydrogens is 372 g/mol. The van der Waals surface area contributed by atoms with E-state index in [1.54, 1.807) is 21.3 Å². The van der Waals surface area contributed by atoms with Crippen LogP contribution in [0.2, 0.25) is 0 Å². The number of benzene rings is 1. The molecule has 1 amide bonds. The molecule has 158 valence electrons. The Morgan fingerprint density at radius 1 is 1.17 bits per heavy atom. The van der Waals surface area contributed by atoms with Gasteiger partial charge in [0.15, 0.2) is 17.4 Å². The zero-order chi connectivity index (χ0) is 21.0. The monoisotopic (exact) mass is 402 g/mol. The van der Waals surface area contributed by atoms with Gasteiger partial charge < -0.3 is 23.5 Å². The summed E-state index contributed by atoms with van der Waals surface area (Å²) >= 11 is 0. The number of carbonyl (C=O) groups is 1. The van der Waals surface area contributed by atoms with Crippen LogP contribution in [-0.2, 0) is 30.6 Å². The van der Waals surface area contributed by atoms with Gasteiger partial charge in [-0.15, -0.1) is 0 Å². The van der Waals surface area contributed by atoms with E-state index in [1.165, 1.54) is 0 Å². The number of nitrogens with zero attached hydrogens (tertiary/aromatic N) is 2. The van der Waals surface area contributed by atoms with Crippen molar-refractivity contribution in [2.75, 3.05) is 27.9 Å². The molecule has 0 spiro atoms. The number of methoxy groups -OCH3 is 3. The van der Waals surface area contributed by atoms with Crippen LogP contribution in [-0.4, -0.2) is 43.7 Å². The lowest BCUT2D eigenvalue weighted by Gasteiger charge is -2.25. The van der Waals surface area contributed by atoms with Gasteiger partial charge in [0.2, 0.25) is 11.7 Å². The van der Waals surface area contributed by atoms with Crippen LogP contribution in [0.3, 0.4) is 0 Å². The van der Waals surface area contributed by atoms with Crippen molar-refractivity contribution in [1.29, 1.82) is 0 Å². The number of hydrogen-bond donors (Lipinski definition) is 0. The second kappa shape index (κ2) is 9.20. The van der Waals surface area contributed by atoms with Gasteiger partial charge in [-0.2, -0.15) is 0 Å². The van der Waals surface area contributed by atoms with Crippen molar-refractivity contribution in [3.63, 3.8) is 0 Å². The molecule has 0 N–H and O–H groups in total. The van der Waals surface area contributed by atoms with Gasteiger partial charge in [0.05, 0.1) is 34.3 Å². The average Bonchev–Trinajstić information content (AvgIpc) is 3.13. The van der Waals surface area contributed by atoms with Crippen molar-refractivity contribution < 1.29 is 23.4 Å². The van der Waals surface area contributed by atoms with Crippen LogP contribution in [0.25, 0.3) is 0 Å². The Morgan fingerprint density at radius 3 is 2.45 bits per heavy atom. The zero-order valence-corrected chi connectivity index (χ0v) is 17.9. The van der Waals surface area contributed by atoms with E-state index in [4.69, 9.17) is 18.6 Å². The van der Waals surface area contributed by atoms with E-state index in [1.807, 2.05) is 17.0 Å². The van der Waals surface area contributed by atoms with E-state index in [0.717, 1.165) is 35.7 Å². The van der Waals surface area contributed by atoms with Crippen molar-refractivity contribution in [2.45, 2.75) is 46.1 Å². The van der Waals surface area contributed by atoms with E-state index in [2.05, 4.69) is 18.8 Å². The first-order valence-electron chi connectivity index (χ1n) is 9.99. The highest BCUT2D eigenvalue weighted by atomic mass is 16.5. The molecule has 1 aromatic carbocycles. The molecule has 3 rings (SSSR count). The summed E-state index contributed by atoms with van der Waals surface area (Å²) in [5.41, 5.74) is 1.70. The highest BCUT2D eigenvalue weighted by Gasteiger charge is 2.26. The smallest absolute Gasteiger partial charge is 0.227 e. The number of aryl methyl sites for hydroxylation is 1. The highest BCUT2D eigenvalue weighted by molar-refractivity contribution is 5.79. The second-order valence-electron chi connectivity index (χ2n) is 7.69. The first-order chi connectivity index (χ1) is 13.9. The van der Waals surface area contributed by atoms with Crippen molar-refractivity contribution in [1.82, 2.24) is 9.88 Å². The number of amides is 1. The number of carbonyl (C=O) groups excluding carboxylic acids is 1. The Kier molecular flexibility index (Phi) is 6.67. The number of oxazole rings is 1. The van der Waals surface area contributed by atoms with Gasteiger partial charge in [-0.05, 0) is 30.0 Å². The molecule has 2 heterocycles. The number of ether oxygens (including phenoxy) is 3. The molecule has 0 fully saturated rings. The molecule has 0 atom stereocenters. The van der Waals surface area contributed by atoms with Crippen LogP contribution < -0.4 is 14.2 Å². The van der Waals surface area contributed by atoms with Crippen LogP contribution in [0.1, 0.15) is 43.2 Å². The number of hydrogen-bond acceptors (Lipinski definition) is 6. The SMILES string of the molecule is COc1cc(CC(=O)N2CCc3oc(CCC(C)C)nc3C2)cc(OC)c1OC. The number of fused-ring (bicyclic) bond motifs is 1. The maximum atomic E-state index is 12.9. The quantitative estimate of drug-likeness (QED) is 0.674. The molecule has 0 saturated carbocycles. The Labute approximate surface area is 172 Å². The second-order valence-corrected chi connectivity index (χ2v) is 7.69. The van der Waals surface area contributed by atoms with E-state index in [-0.39, 0.29) is 12.3 Å². The summed E-state index contributed by atoms with van der Waals surface area (Å²) in [5, 5.41) is 0. The minimum absolute atomic E-state index is 0.0386. The van der Waals surface area contributed by atoms with Gasteiger partial charge in [0, 0.05) is 19.4 Å². The third-order valence-electron chi connectivity index (χ3n) is 5.14. The van der Waals surface area contributed by atoms with Crippen molar-refractivity contribution in [3.8, 4) is 17.2 Å². The summed E-state index contributed by atoms with van der Waals surface area (Å²) in [6, 6.07) is 3.63. The predicted molar refractivity (Wildman–Crippen MR) is 109 cm³/mol. The molecule has 0 aliphatic carbocycles. The molecule has 29 heavy (non-hydrogen) atoms. The predicted octanol–water partition coefficient (Wildman–Crippen LogP) is 3.42. The number of aromatic nitrogens is 1. The lowest BCUT2D eigenvalue weighted by atomic mass is 10.1. The van der Waals surface area contributed by atoms with Crippen LogP contribution >= 0.6 is 0 Å². The molecule has 0 bridgehead atoms. The summed E-state index contributed by atoms with van der Waals surface area (Å²) in [7, 11) is 4.69. The lowest BCUT2D eigenvalue weighted by Crippen LogP contribution is -2.36.